The summed E-state index contributed by atoms with van der Waals surface area (Å²) in [6, 6.07) is 2.17. The van der Waals surface area contributed by atoms with Gasteiger partial charge in [-0.05, 0) is 30.9 Å². The van der Waals surface area contributed by atoms with Gasteiger partial charge in [0.15, 0.2) is 11.6 Å². The van der Waals surface area contributed by atoms with Gasteiger partial charge in [-0.3, -0.25) is 0 Å². The summed E-state index contributed by atoms with van der Waals surface area (Å²) in [5.74, 6) is -0.520. The van der Waals surface area contributed by atoms with Crippen LogP contribution in [0.25, 0.3) is 0 Å². The van der Waals surface area contributed by atoms with Crippen molar-refractivity contribution in [3.8, 4) is 5.75 Å². The zero-order chi connectivity index (χ0) is 10.8. The second-order valence-electron chi connectivity index (χ2n) is 3.74. The highest BCUT2D eigenvalue weighted by molar-refractivity contribution is 5.57. The van der Waals surface area contributed by atoms with Gasteiger partial charge in [-0.15, -0.1) is 0 Å². The van der Waals surface area contributed by atoms with Gasteiger partial charge in [-0.2, -0.15) is 0 Å². The van der Waals surface area contributed by atoms with E-state index in [-0.39, 0.29) is 11.4 Å². The van der Waals surface area contributed by atoms with Crippen LogP contribution in [0.15, 0.2) is 12.1 Å². The Balaban J connectivity index is 2.20. The van der Waals surface area contributed by atoms with Crippen molar-refractivity contribution in [2.24, 2.45) is 5.92 Å². The van der Waals surface area contributed by atoms with Crippen LogP contribution in [-0.2, 0) is 0 Å². The molecular weight excluding hydrogens is 200 g/mol. The number of nitrogens with one attached hydrogen (secondary N) is 1. The SMILES string of the molecule is CNc1c(F)ccc(F)c1OCC1CC1. The van der Waals surface area contributed by atoms with Crippen molar-refractivity contribution in [1.29, 1.82) is 0 Å². The number of benzene rings is 1. The van der Waals surface area contributed by atoms with E-state index in [1.165, 1.54) is 0 Å². The zero-order valence-electron chi connectivity index (χ0n) is 8.52. The molecule has 0 atom stereocenters. The van der Waals surface area contributed by atoms with Gasteiger partial charge in [-0.25, -0.2) is 8.78 Å². The molecule has 0 aromatic heterocycles. The highest BCUT2D eigenvalue weighted by atomic mass is 19.1. The van der Waals surface area contributed by atoms with Gasteiger partial charge in [0.25, 0.3) is 0 Å². The summed E-state index contributed by atoms with van der Waals surface area (Å²) in [5, 5.41) is 2.61. The summed E-state index contributed by atoms with van der Waals surface area (Å²) in [6.45, 7) is 0.467. The van der Waals surface area contributed by atoms with E-state index in [0.29, 0.717) is 12.5 Å². The maximum absolute atomic E-state index is 13.4. The monoisotopic (exact) mass is 213 g/mol. The minimum atomic E-state index is -0.526. The molecular formula is C11H13F2NO. The highest BCUT2D eigenvalue weighted by Crippen LogP contribution is 2.34. The van der Waals surface area contributed by atoms with Crippen molar-refractivity contribution in [1.82, 2.24) is 0 Å². The number of hydrogen-bond acceptors (Lipinski definition) is 2. The standard InChI is InChI=1S/C11H13F2NO/c1-14-10-8(12)4-5-9(13)11(10)15-6-7-2-3-7/h4-5,7,14H,2-3,6H2,1H3. The molecule has 0 radical (unpaired) electrons. The van der Waals surface area contributed by atoms with E-state index in [0.717, 1.165) is 25.0 Å². The largest absolute Gasteiger partial charge is 0.488 e. The maximum atomic E-state index is 13.4. The summed E-state index contributed by atoms with van der Waals surface area (Å²) in [5.41, 5.74) is 0.0932. The van der Waals surface area contributed by atoms with Crippen molar-refractivity contribution in [2.45, 2.75) is 12.8 Å². The van der Waals surface area contributed by atoms with Gasteiger partial charge < -0.3 is 10.1 Å². The molecule has 1 aliphatic carbocycles. The van der Waals surface area contributed by atoms with Crippen LogP contribution in [-0.4, -0.2) is 13.7 Å². The first-order chi connectivity index (χ1) is 7.22. The van der Waals surface area contributed by atoms with Crippen LogP contribution in [0.4, 0.5) is 14.5 Å². The molecule has 15 heavy (non-hydrogen) atoms. The van der Waals surface area contributed by atoms with Gasteiger partial charge in [0.2, 0.25) is 0 Å². The lowest BCUT2D eigenvalue weighted by atomic mass is 10.2. The first-order valence-electron chi connectivity index (χ1n) is 5.01. The highest BCUT2D eigenvalue weighted by Gasteiger charge is 2.23. The smallest absolute Gasteiger partial charge is 0.181 e. The third-order valence-corrected chi connectivity index (χ3v) is 2.47. The predicted octanol–water partition coefficient (Wildman–Crippen LogP) is 2.80. The Morgan fingerprint density at radius 3 is 2.60 bits per heavy atom. The van der Waals surface area contributed by atoms with E-state index in [9.17, 15) is 8.78 Å². The topological polar surface area (TPSA) is 21.3 Å². The second-order valence-corrected chi connectivity index (χ2v) is 3.74. The number of hydrogen-bond donors (Lipinski definition) is 1. The molecule has 82 valence electrons. The molecule has 1 fully saturated rings. The Morgan fingerprint density at radius 1 is 1.33 bits per heavy atom. The third-order valence-electron chi connectivity index (χ3n) is 2.47. The first kappa shape index (κ1) is 10.2. The lowest BCUT2D eigenvalue weighted by Gasteiger charge is -2.12. The number of rotatable bonds is 4. The van der Waals surface area contributed by atoms with Crippen LogP contribution >= 0.6 is 0 Å². The molecule has 0 saturated heterocycles. The van der Waals surface area contributed by atoms with Crippen molar-refractivity contribution >= 4 is 5.69 Å². The van der Waals surface area contributed by atoms with Gasteiger partial charge in [0.05, 0.1) is 6.61 Å². The Labute approximate surface area is 87.2 Å². The molecule has 1 aromatic rings. The van der Waals surface area contributed by atoms with Gasteiger partial charge in [-0.1, -0.05) is 0 Å². The second kappa shape index (κ2) is 4.04. The molecule has 0 aliphatic heterocycles. The Morgan fingerprint density at radius 2 is 2.00 bits per heavy atom. The van der Waals surface area contributed by atoms with E-state index >= 15 is 0 Å². The molecule has 0 spiro atoms. The fraction of sp³-hybridized carbons (Fsp3) is 0.455. The quantitative estimate of drug-likeness (QED) is 0.830. The van der Waals surface area contributed by atoms with Crippen LogP contribution in [0.2, 0.25) is 0 Å². The molecule has 1 aromatic carbocycles. The predicted molar refractivity (Wildman–Crippen MR) is 54.1 cm³/mol. The lowest BCUT2D eigenvalue weighted by Crippen LogP contribution is -2.05. The van der Waals surface area contributed by atoms with E-state index in [2.05, 4.69) is 5.32 Å². The van der Waals surface area contributed by atoms with E-state index in [1.807, 2.05) is 0 Å². The third kappa shape index (κ3) is 2.19. The number of ether oxygens (including phenoxy) is 1. The van der Waals surface area contributed by atoms with Gasteiger partial charge in [0.1, 0.15) is 11.5 Å². The maximum Gasteiger partial charge on any atom is 0.181 e. The van der Waals surface area contributed by atoms with Crippen molar-refractivity contribution in [3.05, 3.63) is 23.8 Å². The molecule has 1 saturated carbocycles. The summed E-state index contributed by atoms with van der Waals surface area (Å²) in [7, 11) is 1.54. The fourth-order valence-electron chi connectivity index (χ4n) is 1.39. The van der Waals surface area contributed by atoms with Gasteiger partial charge >= 0.3 is 0 Å². The Kier molecular flexibility index (Phi) is 2.75. The molecule has 0 bridgehead atoms. The van der Waals surface area contributed by atoms with Crippen molar-refractivity contribution < 1.29 is 13.5 Å². The average Bonchev–Trinajstić information content (AvgIpc) is 3.03. The molecule has 0 amide bonds. The van der Waals surface area contributed by atoms with E-state index < -0.39 is 11.6 Å². The number of halogens is 2. The van der Waals surface area contributed by atoms with Crippen molar-refractivity contribution in [3.63, 3.8) is 0 Å². The summed E-state index contributed by atoms with van der Waals surface area (Å²) in [4.78, 5) is 0. The Bertz CT molecular complexity index is 364. The van der Waals surface area contributed by atoms with Crippen LogP contribution in [0.3, 0.4) is 0 Å². The Hall–Kier alpha value is -1.32. The van der Waals surface area contributed by atoms with Crippen molar-refractivity contribution in [2.75, 3.05) is 19.0 Å². The molecule has 2 rings (SSSR count). The van der Waals surface area contributed by atoms with Crippen LogP contribution in [0.1, 0.15) is 12.8 Å². The molecule has 4 heteroatoms. The summed E-state index contributed by atoms with van der Waals surface area (Å²) < 4.78 is 31.9. The van der Waals surface area contributed by atoms with Crippen LogP contribution in [0, 0.1) is 17.6 Å². The molecule has 0 unspecified atom stereocenters. The number of anilines is 1. The molecule has 0 heterocycles. The zero-order valence-corrected chi connectivity index (χ0v) is 8.52. The van der Waals surface area contributed by atoms with Crippen LogP contribution < -0.4 is 10.1 Å². The molecule has 2 nitrogen and oxygen atoms in total. The fourth-order valence-corrected chi connectivity index (χ4v) is 1.39. The summed E-state index contributed by atoms with van der Waals surface area (Å²) in [6.07, 6.45) is 2.23. The minimum Gasteiger partial charge on any atom is -0.488 e. The minimum absolute atomic E-state index is 0.00981. The van der Waals surface area contributed by atoms with Crippen LogP contribution in [0.5, 0.6) is 5.75 Å². The molecule has 1 N–H and O–H groups in total. The lowest BCUT2D eigenvalue weighted by molar-refractivity contribution is 0.285. The van der Waals surface area contributed by atoms with Gasteiger partial charge in [0, 0.05) is 7.05 Å². The summed E-state index contributed by atoms with van der Waals surface area (Å²) >= 11 is 0. The molecule has 1 aliphatic rings. The first-order valence-corrected chi connectivity index (χ1v) is 5.01. The van der Waals surface area contributed by atoms with E-state index in [4.69, 9.17) is 4.74 Å². The normalized spacial score (nSPS) is 15.1. The average molecular weight is 213 g/mol. The van der Waals surface area contributed by atoms with E-state index in [1.54, 1.807) is 7.05 Å².